The zero-order valence-electron chi connectivity index (χ0n) is 12.3. The third-order valence-electron chi connectivity index (χ3n) is 3.71. The number of benzene rings is 1. The normalized spacial score (nSPS) is 23.6. The summed E-state index contributed by atoms with van der Waals surface area (Å²) in [6, 6.07) is 7.48. The van der Waals surface area contributed by atoms with E-state index in [0.717, 1.165) is 11.3 Å². The molecule has 1 heterocycles. The third-order valence-corrected chi connectivity index (χ3v) is 3.71. The van der Waals surface area contributed by atoms with Crippen LogP contribution in [0.15, 0.2) is 59.8 Å². The van der Waals surface area contributed by atoms with Crippen LogP contribution in [0.3, 0.4) is 0 Å². The SMILES string of the molecule is COC1=C(O)C(O)C=C2[O+]=C(c3ccc(OC)cc3)C=CC21. The molecule has 1 aliphatic heterocycles. The van der Waals surface area contributed by atoms with E-state index in [-0.39, 0.29) is 11.7 Å². The van der Waals surface area contributed by atoms with Gasteiger partial charge in [0.1, 0.15) is 11.9 Å². The number of aliphatic hydroxyl groups is 2. The fourth-order valence-corrected chi connectivity index (χ4v) is 2.54. The van der Waals surface area contributed by atoms with Gasteiger partial charge in [-0.25, -0.2) is 4.42 Å². The van der Waals surface area contributed by atoms with Crippen LogP contribution in [0.4, 0.5) is 0 Å². The van der Waals surface area contributed by atoms with Crippen LogP contribution in [-0.4, -0.2) is 36.3 Å². The van der Waals surface area contributed by atoms with Gasteiger partial charge in [-0.2, -0.15) is 0 Å². The molecule has 0 spiro atoms. The molecule has 2 N–H and O–H groups in total. The summed E-state index contributed by atoms with van der Waals surface area (Å²) in [5, 5.41) is 19.7. The highest BCUT2D eigenvalue weighted by Gasteiger charge is 2.40. The minimum atomic E-state index is -1.12. The Bertz CT molecular complexity index is 694. The molecule has 2 atom stereocenters. The van der Waals surface area contributed by atoms with Crippen molar-refractivity contribution in [2.75, 3.05) is 14.2 Å². The summed E-state index contributed by atoms with van der Waals surface area (Å²) < 4.78 is 16.2. The maximum atomic E-state index is 9.87. The van der Waals surface area contributed by atoms with Crippen LogP contribution in [0, 0.1) is 5.92 Å². The van der Waals surface area contributed by atoms with Crippen molar-refractivity contribution in [2.24, 2.45) is 5.92 Å². The molecule has 1 aliphatic carbocycles. The van der Waals surface area contributed by atoms with E-state index in [1.165, 1.54) is 13.2 Å². The summed E-state index contributed by atoms with van der Waals surface area (Å²) >= 11 is 0. The monoisotopic (exact) mass is 301 g/mol. The minimum Gasteiger partial charge on any atom is -0.506 e. The van der Waals surface area contributed by atoms with Gasteiger partial charge in [0.2, 0.25) is 0 Å². The van der Waals surface area contributed by atoms with Crippen molar-refractivity contribution in [1.82, 2.24) is 0 Å². The molecular weight excluding hydrogens is 284 g/mol. The number of methoxy groups -OCH3 is 2. The summed E-state index contributed by atoms with van der Waals surface area (Å²) in [6.07, 6.45) is 4.06. The molecule has 0 saturated heterocycles. The Kier molecular flexibility index (Phi) is 3.73. The van der Waals surface area contributed by atoms with E-state index in [1.54, 1.807) is 7.11 Å². The first-order valence-electron chi connectivity index (χ1n) is 6.88. The number of rotatable bonds is 3. The molecule has 5 nitrogen and oxygen atoms in total. The molecule has 0 bridgehead atoms. The van der Waals surface area contributed by atoms with Crippen molar-refractivity contribution in [1.29, 1.82) is 0 Å². The van der Waals surface area contributed by atoms with Gasteiger partial charge < -0.3 is 19.7 Å². The van der Waals surface area contributed by atoms with Crippen LogP contribution in [0.2, 0.25) is 0 Å². The van der Waals surface area contributed by atoms with Gasteiger partial charge in [-0.15, -0.1) is 0 Å². The van der Waals surface area contributed by atoms with Gasteiger partial charge in [0, 0.05) is 6.08 Å². The van der Waals surface area contributed by atoms with Gasteiger partial charge in [-0.3, -0.25) is 0 Å². The van der Waals surface area contributed by atoms with Crippen molar-refractivity contribution in [2.45, 2.75) is 6.10 Å². The van der Waals surface area contributed by atoms with Gasteiger partial charge >= 0.3 is 11.5 Å². The number of hydrogen-bond donors (Lipinski definition) is 2. The van der Waals surface area contributed by atoms with Crippen LogP contribution in [0.5, 0.6) is 5.75 Å². The topological polar surface area (TPSA) is 70.2 Å². The average Bonchev–Trinajstić information content (AvgIpc) is 2.56. The summed E-state index contributed by atoms with van der Waals surface area (Å²) in [5.41, 5.74) is 0.892. The van der Waals surface area contributed by atoms with Gasteiger partial charge in [-0.1, -0.05) is 6.08 Å². The fraction of sp³-hybridized carbons (Fsp3) is 0.235. The van der Waals surface area contributed by atoms with Crippen molar-refractivity contribution in [3.05, 3.63) is 65.3 Å². The summed E-state index contributed by atoms with van der Waals surface area (Å²) in [4.78, 5) is 0. The molecule has 22 heavy (non-hydrogen) atoms. The number of fused-ring (bicyclic) bond motifs is 1. The molecular formula is C17H17O5+. The van der Waals surface area contributed by atoms with Gasteiger partial charge in [0.25, 0.3) is 0 Å². The molecule has 0 radical (unpaired) electrons. The molecule has 1 aromatic rings. The molecule has 3 rings (SSSR count). The quantitative estimate of drug-likeness (QED) is 0.840. The molecule has 0 saturated carbocycles. The number of ketones is 1. The van der Waals surface area contributed by atoms with Crippen LogP contribution in [0.25, 0.3) is 0 Å². The summed E-state index contributed by atoms with van der Waals surface area (Å²) in [6.45, 7) is 0. The first-order chi connectivity index (χ1) is 10.6. The van der Waals surface area contributed by atoms with E-state index in [1.807, 2.05) is 36.4 Å². The predicted molar refractivity (Wildman–Crippen MR) is 80.7 cm³/mol. The van der Waals surface area contributed by atoms with E-state index in [2.05, 4.69) is 0 Å². The lowest BCUT2D eigenvalue weighted by molar-refractivity contribution is -0.217. The van der Waals surface area contributed by atoms with Gasteiger partial charge in [-0.05, 0) is 24.3 Å². The third kappa shape index (κ3) is 2.40. The lowest BCUT2D eigenvalue weighted by Crippen LogP contribution is -2.24. The van der Waals surface area contributed by atoms with E-state index < -0.39 is 6.10 Å². The standard InChI is InChI=1S/C17H16O5/c1-20-11-5-3-10(4-6-11)14-8-7-12-15(22-14)9-13(18)16(19)17(12)21-2/h3-9,12-13,18H,1-2H3/p+1. The molecule has 114 valence electrons. The lowest BCUT2D eigenvalue weighted by atomic mass is 9.93. The molecule has 2 aliphatic rings. The Morgan fingerprint density at radius 2 is 1.82 bits per heavy atom. The number of aliphatic hydroxyl groups excluding tert-OH is 2. The van der Waals surface area contributed by atoms with Crippen LogP contribution >= 0.6 is 0 Å². The van der Waals surface area contributed by atoms with E-state index >= 15 is 0 Å². The van der Waals surface area contributed by atoms with Crippen LogP contribution in [0.1, 0.15) is 9.99 Å². The minimum absolute atomic E-state index is 0.183. The second kappa shape index (κ2) is 5.69. The van der Waals surface area contributed by atoms with Crippen LogP contribution in [-0.2, 0) is 4.74 Å². The molecule has 0 fully saturated rings. The number of ether oxygens (including phenoxy) is 2. The lowest BCUT2D eigenvalue weighted by Gasteiger charge is -2.20. The van der Waals surface area contributed by atoms with Crippen molar-refractivity contribution >= 4 is 5.78 Å². The molecule has 5 heteroatoms. The van der Waals surface area contributed by atoms with E-state index in [4.69, 9.17) is 13.9 Å². The first-order valence-corrected chi connectivity index (χ1v) is 6.88. The Morgan fingerprint density at radius 3 is 2.45 bits per heavy atom. The van der Waals surface area contributed by atoms with Gasteiger partial charge in [0.15, 0.2) is 17.4 Å². The highest BCUT2D eigenvalue weighted by Crippen LogP contribution is 2.34. The predicted octanol–water partition coefficient (Wildman–Crippen LogP) is 2.27. The Morgan fingerprint density at radius 1 is 1.09 bits per heavy atom. The Labute approximate surface area is 128 Å². The van der Waals surface area contributed by atoms with Crippen LogP contribution < -0.4 is 4.74 Å². The zero-order chi connectivity index (χ0) is 15.7. The smallest absolute Gasteiger partial charge is 0.359 e. The second-order valence-corrected chi connectivity index (χ2v) is 5.00. The zero-order valence-corrected chi connectivity index (χ0v) is 12.3. The van der Waals surface area contributed by atoms with Crippen molar-refractivity contribution in [3.8, 4) is 5.75 Å². The maximum absolute atomic E-state index is 9.87. The largest absolute Gasteiger partial charge is 0.506 e. The fourth-order valence-electron chi connectivity index (χ4n) is 2.54. The first kappa shape index (κ1) is 14.4. The van der Waals surface area contributed by atoms with Gasteiger partial charge in [0.05, 0.1) is 25.9 Å². The Hall–Kier alpha value is -2.53. The number of hydrogen-bond acceptors (Lipinski definition) is 4. The molecule has 2 unspecified atom stereocenters. The average molecular weight is 301 g/mol. The molecule has 0 aromatic heterocycles. The van der Waals surface area contributed by atoms with Crippen molar-refractivity contribution in [3.63, 3.8) is 0 Å². The Balaban J connectivity index is 1.94. The summed E-state index contributed by atoms with van der Waals surface area (Å²) in [5.74, 6) is 1.76. The highest BCUT2D eigenvalue weighted by molar-refractivity contribution is 6.05. The van der Waals surface area contributed by atoms with E-state index in [9.17, 15) is 10.2 Å². The second-order valence-electron chi connectivity index (χ2n) is 5.00. The highest BCUT2D eigenvalue weighted by atomic mass is 16.5. The van der Waals surface area contributed by atoms with Crippen molar-refractivity contribution < 1.29 is 24.1 Å². The number of allylic oxidation sites excluding steroid dienone is 1. The molecule has 0 amide bonds. The maximum Gasteiger partial charge on any atom is 0.359 e. The number of carbonyl (C=O) groups excluding carboxylic acids is 1. The molecule has 1 aromatic carbocycles. The van der Waals surface area contributed by atoms with E-state index in [0.29, 0.717) is 17.3 Å². The summed E-state index contributed by atoms with van der Waals surface area (Å²) in [7, 11) is 3.07.